The molecule has 4 N–H and O–H groups in total. The molecule has 2 rings (SSSR count). The molecule has 4 atom stereocenters. The zero-order chi connectivity index (χ0) is 33.1. The zero-order valence-electron chi connectivity index (χ0n) is 28.5. The van der Waals surface area contributed by atoms with Crippen LogP contribution in [0.1, 0.15) is 106 Å². The molecule has 0 bridgehead atoms. The molecule has 2 aromatic rings. The Balaban J connectivity index is 2.28. The van der Waals surface area contributed by atoms with Gasteiger partial charge in [-0.2, -0.15) is 5.10 Å². The van der Waals surface area contributed by atoms with Crippen molar-refractivity contribution in [2.24, 2.45) is 17.3 Å². The number of amides is 2. The minimum Gasteiger partial charge on any atom is -0.444 e. The third-order valence-electron chi connectivity index (χ3n) is 8.07. The Labute approximate surface area is 264 Å². The average molecular weight is 619 g/mol. The summed E-state index contributed by atoms with van der Waals surface area (Å²) in [5.74, 6) is -0.463. The highest BCUT2D eigenvalue weighted by Gasteiger charge is 2.34. The van der Waals surface area contributed by atoms with E-state index in [4.69, 9.17) is 9.47 Å². The maximum absolute atomic E-state index is 13.0. The van der Waals surface area contributed by atoms with E-state index in [1.165, 1.54) is 0 Å². The van der Waals surface area contributed by atoms with Gasteiger partial charge in [0.25, 0.3) is 0 Å². The summed E-state index contributed by atoms with van der Waals surface area (Å²) >= 11 is 0. The van der Waals surface area contributed by atoms with Crippen LogP contribution < -0.4 is 10.6 Å². The molecular weight excluding hydrogens is 560 g/mol. The third-order valence-corrected chi connectivity index (χ3v) is 8.07. The monoisotopic (exact) mass is 618 g/mol. The topological polar surface area (TPSA) is 135 Å². The second kappa shape index (κ2) is 17.1. The van der Waals surface area contributed by atoms with Gasteiger partial charge in [0.05, 0.1) is 30.0 Å². The first-order valence-corrected chi connectivity index (χ1v) is 16.3. The van der Waals surface area contributed by atoms with Crippen molar-refractivity contribution in [3.63, 3.8) is 0 Å². The molecule has 0 saturated carbocycles. The molecule has 0 spiro atoms. The molecule has 2 amide bonds. The first-order valence-electron chi connectivity index (χ1n) is 16.3. The standard InChI is InChI=1S/C34H58N4O6/c1-10-12-16-34(8,9)31(41)35-22-29(39)27(37-32(42)44-33(5,6)7)20-26(23(3)4)30(40)24-14-15-25-21-36-38(28(25)19-24)17-13-18-43-11-2/h14-15,19,21,23,26-27,29-30,39-40H,10-13,16-18,20,22H2,1-9H3,(H,35,41)(H,37,42)/t26-,27-,29?,30?/m0/s1. The zero-order valence-corrected chi connectivity index (χ0v) is 28.5. The van der Waals surface area contributed by atoms with Crippen molar-refractivity contribution in [1.82, 2.24) is 20.4 Å². The lowest BCUT2D eigenvalue weighted by atomic mass is 9.80. The number of aliphatic hydroxyl groups is 2. The number of unbranched alkanes of at least 4 members (excludes halogenated alkanes) is 1. The third kappa shape index (κ3) is 11.7. The van der Waals surface area contributed by atoms with Crippen molar-refractivity contribution in [3.8, 4) is 0 Å². The normalized spacial score (nSPS) is 15.2. The summed E-state index contributed by atoms with van der Waals surface area (Å²) in [7, 11) is 0. The highest BCUT2D eigenvalue weighted by atomic mass is 16.6. The second-order valence-corrected chi connectivity index (χ2v) is 13.8. The number of carbonyl (C=O) groups is 2. The number of nitrogens with one attached hydrogen (secondary N) is 2. The van der Waals surface area contributed by atoms with Crippen molar-refractivity contribution in [2.75, 3.05) is 19.8 Å². The summed E-state index contributed by atoms with van der Waals surface area (Å²) in [5, 5.41) is 34.2. The predicted octanol–water partition coefficient (Wildman–Crippen LogP) is 5.75. The number of hydrogen-bond acceptors (Lipinski definition) is 7. The summed E-state index contributed by atoms with van der Waals surface area (Å²) < 4.78 is 12.9. The number of ether oxygens (including phenoxy) is 2. The van der Waals surface area contributed by atoms with Crippen LogP contribution in [-0.2, 0) is 20.8 Å². The van der Waals surface area contributed by atoms with Gasteiger partial charge in [0.2, 0.25) is 5.91 Å². The van der Waals surface area contributed by atoms with Crippen LogP contribution >= 0.6 is 0 Å². The number of rotatable bonds is 18. The van der Waals surface area contributed by atoms with Crippen LogP contribution in [0.25, 0.3) is 10.9 Å². The molecule has 10 nitrogen and oxygen atoms in total. The number of aromatic nitrogens is 2. The Morgan fingerprint density at radius 2 is 1.77 bits per heavy atom. The molecule has 0 aliphatic carbocycles. The largest absolute Gasteiger partial charge is 0.444 e. The Kier molecular flexibility index (Phi) is 14.6. The minimum absolute atomic E-state index is 0.00880. The quantitative estimate of drug-likeness (QED) is 0.156. The van der Waals surface area contributed by atoms with E-state index in [2.05, 4.69) is 22.7 Å². The van der Waals surface area contributed by atoms with Gasteiger partial charge in [-0.15, -0.1) is 0 Å². The maximum Gasteiger partial charge on any atom is 0.407 e. The van der Waals surface area contributed by atoms with Gasteiger partial charge in [-0.1, -0.05) is 59.6 Å². The van der Waals surface area contributed by atoms with Crippen LogP contribution in [0.4, 0.5) is 4.79 Å². The van der Waals surface area contributed by atoms with Gasteiger partial charge >= 0.3 is 6.09 Å². The fraction of sp³-hybridized carbons (Fsp3) is 0.735. The van der Waals surface area contributed by atoms with Gasteiger partial charge in [-0.05, 0) is 70.4 Å². The molecule has 2 unspecified atom stereocenters. The first-order chi connectivity index (χ1) is 20.6. The van der Waals surface area contributed by atoms with Gasteiger partial charge in [0, 0.05) is 37.1 Å². The van der Waals surface area contributed by atoms with Crippen LogP contribution in [0.2, 0.25) is 0 Å². The van der Waals surface area contributed by atoms with Gasteiger partial charge in [0.1, 0.15) is 5.60 Å². The lowest BCUT2D eigenvalue weighted by molar-refractivity contribution is -0.130. The van der Waals surface area contributed by atoms with Crippen LogP contribution in [0, 0.1) is 17.3 Å². The lowest BCUT2D eigenvalue weighted by Crippen LogP contribution is -2.52. The van der Waals surface area contributed by atoms with Crippen LogP contribution in [0.5, 0.6) is 0 Å². The summed E-state index contributed by atoms with van der Waals surface area (Å²) in [6.07, 6.45) is 2.94. The Morgan fingerprint density at radius 3 is 2.39 bits per heavy atom. The number of aliphatic hydroxyl groups excluding tert-OH is 2. The van der Waals surface area contributed by atoms with Crippen LogP contribution in [-0.4, -0.2) is 69.5 Å². The predicted molar refractivity (Wildman–Crippen MR) is 174 cm³/mol. The molecule has 10 heteroatoms. The molecule has 0 radical (unpaired) electrons. The van der Waals surface area contributed by atoms with Crippen molar-refractivity contribution >= 4 is 22.9 Å². The highest BCUT2D eigenvalue weighted by molar-refractivity contribution is 5.81. The van der Waals surface area contributed by atoms with E-state index in [0.717, 1.165) is 42.1 Å². The number of nitrogens with zero attached hydrogens (tertiary/aromatic N) is 2. The summed E-state index contributed by atoms with van der Waals surface area (Å²) in [6, 6.07) is 5.05. The van der Waals surface area contributed by atoms with Crippen molar-refractivity contribution in [2.45, 2.75) is 125 Å². The number of hydrogen-bond donors (Lipinski definition) is 4. The van der Waals surface area contributed by atoms with E-state index < -0.39 is 35.4 Å². The van der Waals surface area contributed by atoms with E-state index in [0.29, 0.717) is 19.8 Å². The van der Waals surface area contributed by atoms with E-state index in [1.807, 2.05) is 63.7 Å². The van der Waals surface area contributed by atoms with Crippen molar-refractivity contribution in [1.29, 1.82) is 0 Å². The minimum atomic E-state index is -1.10. The first kappa shape index (κ1) is 37.5. The molecular formula is C34H58N4O6. The van der Waals surface area contributed by atoms with E-state index in [9.17, 15) is 19.8 Å². The molecule has 1 aromatic heterocycles. The fourth-order valence-electron chi connectivity index (χ4n) is 5.30. The molecule has 44 heavy (non-hydrogen) atoms. The Bertz CT molecular complexity index is 1170. The highest BCUT2D eigenvalue weighted by Crippen LogP contribution is 2.34. The summed E-state index contributed by atoms with van der Waals surface area (Å²) in [4.78, 5) is 25.8. The van der Waals surface area contributed by atoms with Crippen LogP contribution in [0.15, 0.2) is 24.4 Å². The Morgan fingerprint density at radius 1 is 1.07 bits per heavy atom. The van der Waals surface area contributed by atoms with E-state index in [-0.39, 0.29) is 30.7 Å². The molecule has 0 aliphatic heterocycles. The number of benzene rings is 1. The van der Waals surface area contributed by atoms with Crippen molar-refractivity contribution < 1.29 is 29.3 Å². The molecule has 250 valence electrons. The SMILES string of the molecule is CCCCC(C)(C)C(=O)NCC(O)[C@H](C[C@@H](C(C)C)C(O)c1ccc2cnn(CCCOCC)c2c1)NC(=O)OC(C)(C)C. The number of fused-ring (bicyclic) bond motifs is 1. The van der Waals surface area contributed by atoms with Crippen molar-refractivity contribution in [3.05, 3.63) is 30.0 Å². The average Bonchev–Trinajstić information content (AvgIpc) is 3.35. The fourth-order valence-corrected chi connectivity index (χ4v) is 5.30. The van der Waals surface area contributed by atoms with E-state index >= 15 is 0 Å². The molecule has 0 aliphatic rings. The number of aryl methyl sites for hydroxylation is 1. The van der Waals surface area contributed by atoms with Crippen LogP contribution in [0.3, 0.4) is 0 Å². The number of carbonyl (C=O) groups excluding carboxylic acids is 2. The molecule has 0 fully saturated rings. The molecule has 0 saturated heterocycles. The van der Waals surface area contributed by atoms with Gasteiger partial charge in [-0.25, -0.2) is 4.79 Å². The summed E-state index contributed by atoms with van der Waals surface area (Å²) in [6.45, 7) is 19.2. The Hall–Kier alpha value is -2.69. The molecule has 1 aromatic carbocycles. The van der Waals surface area contributed by atoms with E-state index in [1.54, 1.807) is 20.8 Å². The number of alkyl carbamates (subject to hydrolysis) is 1. The maximum atomic E-state index is 13.0. The molecule has 1 heterocycles. The smallest absolute Gasteiger partial charge is 0.407 e. The lowest BCUT2D eigenvalue weighted by Gasteiger charge is -2.34. The second-order valence-electron chi connectivity index (χ2n) is 13.8. The van der Waals surface area contributed by atoms with Gasteiger partial charge in [-0.3, -0.25) is 9.48 Å². The van der Waals surface area contributed by atoms with Gasteiger partial charge in [0.15, 0.2) is 0 Å². The van der Waals surface area contributed by atoms with Gasteiger partial charge < -0.3 is 30.3 Å². The summed E-state index contributed by atoms with van der Waals surface area (Å²) in [5.41, 5.74) is 0.362.